The molecule has 2 aromatic rings. The first-order chi connectivity index (χ1) is 10.5. The predicted molar refractivity (Wildman–Crippen MR) is 82.5 cm³/mol. The van der Waals surface area contributed by atoms with Crippen LogP contribution in [0.2, 0.25) is 0 Å². The third-order valence-electron chi connectivity index (χ3n) is 2.99. The van der Waals surface area contributed by atoms with Crippen LogP contribution >= 0.6 is 0 Å². The molecule has 2 aromatic carbocycles. The summed E-state index contributed by atoms with van der Waals surface area (Å²) in [6.07, 6.45) is -0.836. The van der Waals surface area contributed by atoms with Crippen molar-refractivity contribution in [2.75, 3.05) is 18.2 Å². The summed E-state index contributed by atoms with van der Waals surface area (Å²) in [4.78, 5) is 12.1. The third-order valence-corrected chi connectivity index (χ3v) is 2.99. The Bertz CT molecular complexity index is 676. The molecule has 0 aliphatic rings. The molecule has 0 spiro atoms. The average molecular weight is 304 g/mol. The molecule has 0 aliphatic carbocycles. The van der Waals surface area contributed by atoms with E-state index in [2.05, 4.69) is 5.32 Å². The quantitative estimate of drug-likeness (QED) is 0.833. The summed E-state index contributed by atoms with van der Waals surface area (Å²) < 4.78 is 24.3. The van der Waals surface area contributed by atoms with E-state index in [-0.39, 0.29) is 5.69 Å². The Morgan fingerprint density at radius 1 is 1.23 bits per heavy atom. The van der Waals surface area contributed by atoms with E-state index in [1.807, 2.05) is 0 Å². The number of nitrogen functional groups attached to an aromatic ring is 1. The summed E-state index contributed by atoms with van der Waals surface area (Å²) in [5.41, 5.74) is 5.95. The molecule has 0 radical (unpaired) electrons. The maximum Gasteiger partial charge on any atom is 0.265 e. The number of carbonyl (C=O) groups is 1. The fourth-order valence-corrected chi connectivity index (χ4v) is 1.83. The number of halogens is 1. The van der Waals surface area contributed by atoms with Gasteiger partial charge in [0.15, 0.2) is 17.6 Å². The van der Waals surface area contributed by atoms with E-state index >= 15 is 0 Å². The SMILES string of the molecule is COc1ccccc1O[C@H](C)C(=O)Nc1cc(N)ccc1F. The molecule has 22 heavy (non-hydrogen) atoms. The summed E-state index contributed by atoms with van der Waals surface area (Å²) in [5.74, 6) is -0.111. The lowest BCUT2D eigenvalue weighted by Gasteiger charge is -2.17. The van der Waals surface area contributed by atoms with E-state index in [0.717, 1.165) is 0 Å². The molecule has 0 fully saturated rings. The summed E-state index contributed by atoms with van der Waals surface area (Å²) in [6, 6.07) is 10.9. The van der Waals surface area contributed by atoms with Crippen LogP contribution in [0.4, 0.5) is 15.8 Å². The Kier molecular flexibility index (Phi) is 4.83. The lowest BCUT2D eigenvalue weighted by molar-refractivity contribution is -0.122. The molecule has 0 aliphatic heterocycles. The maximum atomic E-state index is 13.6. The van der Waals surface area contributed by atoms with Crippen LogP contribution in [0.15, 0.2) is 42.5 Å². The van der Waals surface area contributed by atoms with Gasteiger partial charge in [-0.05, 0) is 37.3 Å². The van der Waals surface area contributed by atoms with E-state index in [1.165, 1.54) is 25.3 Å². The van der Waals surface area contributed by atoms with Gasteiger partial charge in [-0.3, -0.25) is 4.79 Å². The molecule has 6 heteroatoms. The minimum absolute atomic E-state index is 0.0143. The smallest absolute Gasteiger partial charge is 0.265 e. The van der Waals surface area contributed by atoms with Crippen molar-refractivity contribution in [2.24, 2.45) is 0 Å². The van der Waals surface area contributed by atoms with Gasteiger partial charge in [0, 0.05) is 5.69 Å². The van der Waals surface area contributed by atoms with Crippen LogP contribution in [0.1, 0.15) is 6.92 Å². The van der Waals surface area contributed by atoms with Crippen LogP contribution in [0.5, 0.6) is 11.5 Å². The molecule has 116 valence electrons. The van der Waals surface area contributed by atoms with Crippen LogP contribution in [0.3, 0.4) is 0 Å². The first-order valence-electron chi connectivity index (χ1n) is 6.67. The Hall–Kier alpha value is -2.76. The zero-order valence-electron chi connectivity index (χ0n) is 12.3. The second-order valence-corrected chi connectivity index (χ2v) is 4.64. The van der Waals surface area contributed by atoms with Crippen molar-refractivity contribution in [2.45, 2.75) is 13.0 Å². The highest BCUT2D eigenvalue weighted by Crippen LogP contribution is 2.27. The first-order valence-corrected chi connectivity index (χ1v) is 6.67. The van der Waals surface area contributed by atoms with E-state index in [0.29, 0.717) is 17.2 Å². The molecule has 0 unspecified atom stereocenters. The van der Waals surface area contributed by atoms with E-state index in [1.54, 1.807) is 31.2 Å². The molecule has 3 N–H and O–H groups in total. The van der Waals surface area contributed by atoms with Crippen molar-refractivity contribution in [1.29, 1.82) is 0 Å². The highest BCUT2D eigenvalue weighted by atomic mass is 19.1. The monoisotopic (exact) mass is 304 g/mol. The van der Waals surface area contributed by atoms with Crippen LogP contribution in [0.25, 0.3) is 0 Å². The lowest BCUT2D eigenvalue weighted by Crippen LogP contribution is -2.30. The number of hydrogen-bond acceptors (Lipinski definition) is 4. The topological polar surface area (TPSA) is 73.6 Å². The summed E-state index contributed by atoms with van der Waals surface area (Å²) in [7, 11) is 1.51. The Morgan fingerprint density at radius 2 is 1.91 bits per heavy atom. The number of hydrogen-bond donors (Lipinski definition) is 2. The van der Waals surface area contributed by atoms with Crippen molar-refractivity contribution >= 4 is 17.3 Å². The van der Waals surface area contributed by atoms with Crippen molar-refractivity contribution in [3.8, 4) is 11.5 Å². The number of para-hydroxylation sites is 2. The van der Waals surface area contributed by atoms with Crippen molar-refractivity contribution in [1.82, 2.24) is 0 Å². The van der Waals surface area contributed by atoms with Crippen molar-refractivity contribution in [3.05, 3.63) is 48.3 Å². The largest absolute Gasteiger partial charge is 0.493 e. The van der Waals surface area contributed by atoms with Gasteiger partial charge >= 0.3 is 0 Å². The van der Waals surface area contributed by atoms with Crippen molar-refractivity contribution in [3.63, 3.8) is 0 Å². The summed E-state index contributed by atoms with van der Waals surface area (Å²) in [5, 5.41) is 2.45. The summed E-state index contributed by atoms with van der Waals surface area (Å²) in [6.45, 7) is 1.56. The second kappa shape index (κ2) is 6.80. The normalized spacial score (nSPS) is 11.6. The van der Waals surface area contributed by atoms with Gasteiger partial charge in [-0.2, -0.15) is 0 Å². The van der Waals surface area contributed by atoms with Crippen LogP contribution in [0, 0.1) is 5.82 Å². The molecule has 1 amide bonds. The zero-order valence-corrected chi connectivity index (χ0v) is 12.3. The number of nitrogens with one attached hydrogen (secondary N) is 1. The molecule has 0 heterocycles. The highest BCUT2D eigenvalue weighted by Gasteiger charge is 2.18. The molecule has 1 atom stereocenters. The minimum Gasteiger partial charge on any atom is -0.493 e. The molecular weight excluding hydrogens is 287 g/mol. The molecule has 0 saturated carbocycles. The number of benzene rings is 2. The van der Waals surface area contributed by atoms with Gasteiger partial charge in [0.05, 0.1) is 12.8 Å². The molecular formula is C16H17FN2O3. The average Bonchev–Trinajstić information content (AvgIpc) is 2.51. The van der Waals surface area contributed by atoms with E-state index in [9.17, 15) is 9.18 Å². The number of nitrogens with two attached hydrogens (primary N) is 1. The third kappa shape index (κ3) is 3.66. The molecule has 2 rings (SSSR count). The van der Waals surface area contributed by atoms with Gasteiger partial charge in [0.1, 0.15) is 5.82 Å². The number of amides is 1. The van der Waals surface area contributed by atoms with Crippen LogP contribution in [-0.2, 0) is 4.79 Å². The Morgan fingerprint density at radius 3 is 2.59 bits per heavy atom. The zero-order chi connectivity index (χ0) is 16.1. The number of ether oxygens (including phenoxy) is 2. The molecule has 0 saturated heterocycles. The molecule has 0 bridgehead atoms. The van der Waals surface area contributed by atoms with E-state index in [4.69, 9.17) is 15.2 Å². The number of anilines is 2. The fraction of sp³-hybridized carbons (Fsp3) is 0.188. The first kappa shape index (κ1) is 15.6. The van der Waals surface area contributed by atoms with Crippen LogP contribution < -0.4 is 20.5 Å². The number of rotatable bonds is 5. The van der Waals surface area contributed by atoms with Crippen molar-refractivity contribution < 1.29 is 18.7 Å². The predicted octanol–water partition coefficient (Wildman–Crippen LogP) is 2.82. The van der Waals surface area contributed by atoms with Gasteiger partial charge < -0.3 is 20.5 Å². The fourth-order valence-electron chi connectivity index (χ4n) is 1.83. The van der Waals surface area contributed by atoms with Gasteiger partial charge in [0.2, 0.25) is 0 Å². The highest BCUT2D eigenvalue weighted by molar-refractivity contribution is 5.94. The number of carbonyl (C=O) groups excluding carboxylic acids is 1. The number of methoxy groups -OCH3 is 1. The van der Waals surface area contributed by atoms with Gasteiger partial charge in [-0.15, -0.1) is 0 Å². The van der Waals surface area contributed by atoms with Crippen LogP contribution in [-0.4, -0.2) is 19.1 Å². The maximum absolute atomic E-state index is 13.6. The second-order valence-electron chi connectivity index (χ2n) is 4.64. The standard InChI is InChI=1S/C16H17FN2O3/c1-10(22-15-6-4-3-5-14(15)21-2)16(20)19-13-9-11(18)7-8-12(13)17/h3-10H,18H2,1-2H3,(H,19,20)/t10-/m1/s1. The Balaban J connectivity index is 2.07. The van der Waals surface area contributed by atoms with Gasteiger partial charge in [0.25, 0.3) is 5.91 Å². The van der Waals surface area contributed by atoms with Gasteiger partial charge in [-0.1, -0.05) is 12.1 Å². The molecule has 5 nitrogen and oxygen atoms in total. The van der Waals surface area contributed by atoms with Gasteiger partial charge in [-0.25, -0.2) is 4.39 Å². The van der Waals surface area contributed by atoms with E-state index < -0.39 is 17.8 Å². The summed E-state index contributed by atoms with van der Waals surface area (Å²) >= 11 is 0. The lowest BCUT2D eigenvalue weighted by atomic mass is 10.2. The Labute approximate surface area is 127 Å². The minimum atomic E-state index is -0.836. The molecule has 0 aromatic heterocycles.